The molecule has 0 aliphatic rings. The first-order chi connectivity index (χ1) is 15.7. The maximum atomic E-state index is 11.6. The number of ether oxygens (including phenoxy) is 6. The Morgan fingerprint density at radius 3 is 1.50 bits per heavy atom. The van der Waals surface area contributed by atoms with Crippen molar-refractivity contribution in [2.75, 3.05) is 92.4 Å². The van der Waals surface area contributed by atoms with E-state index in [0.29, 0.717) is 91.7 Å². The third-order valence-corrected chi connectivity index (χ3v) is 4.23. The minimum atomic E-state index is 0.0449. The van der Waals surface area contributed by atoms with Gasteiger partial charge in [0.15, 0.2) is 0 Å². The minimum Gasteiger partial charge on any atom is -0.379 e. The van der Waals surface area contributed by atoms with Crippen LogP contribution < -0.4 is 10.6 Å². The van der Waals surface area contributed by atoms with Crippen molar-refractivity contribution in [1.82, 2.24) is 10.6 Å². The van der Waals surface area contributed by atoms with Crippen LogP contribution in [0.2, 0.25) is 0 Å². The van der Waals surface area contributed by atoms with E-state index in [1.54, 1.807) is 0 Å². The Kier molecular flexibility index (Phi) is 25.8. The van der Waals surface area contributed by atoms with Crippen LogP contribution in [0, 0.1) is 0 Å². The smallest absolute Gasteiger partial charge is 0.222 e. The van der Waals surface area contributed by atoms with Crippen LogP contribution in [0.1, 0.15) is 46.5 Å². The second-order valence-electron chi connectivity index (χ2n) is 7.59. The van der Waals surface area contributed by atoms with Gasteiger partial charge in [-0.2, -0.15) is 0 Å². The first-order valence-corrected chi connectivity index (χ1v) is 12.1. The molecule has 2 N–H and O–H groups in total. The van der Waals surface area contributed by atoms with Crippen LogP contribution in [-0.4, -0.2) is 104 Å². The highest BCUT2D eigenvalue weighted by atomic mass is 16.6. The average Bonchev–Trinajstić information content (AvgIpc) is 2.77. The van der Waals surface area contributed by atoms with E-state index in [0.717, 1.165) is 32.4 Å². The van der Waals surface area contributed by atoms with Gasteiger partial charge in [-0.1, -0.05) is 33.6 Å². The van der Waals surface area contributed by atoms with Crippen LogP contribution in [0.3, 0.4) is 0 Å². The highest BCUT2D eigenvalue weighted by molar-refractivity contribution is 5.75. The Hall–Kier alpha value is -0.810. The van der Waals surface area contributed by atoms with E-state index < -0.39 is 0 Å². The molecule has 0 bridgehead atoms. The van der Waals surface area contributed by atoms with Gasteiger partial charge in [0.1, 0.15) is 0 Å². The number of hydrogen-bond acceptors (Lipinski definition) is 8. The summed E-state index contributed by atoms with van der Waals surface area (Å²) in [5, 5.41) is 6.18. The number of carbonyl (C=O) groups is 1. The minimum absolute atomic E-state index is 0.0449. The lowest BCUT2D eigenvalue weighted by atomic mass is 10.2. The molecule has 9 nitrogen and oxygen atoms in total. The highest BCUT2D eigenvalue weighted by Crippen LogP contribution is 1.92. The van der Waals surface area contributed by atoms with E-state index in [4.69, 9.17) is 28.4 Å². The molecule has 0 spiro atoms. The highest BCUT2D eigenvalue weighted by Gasteiger charge is 2.00. The monoisotopic (exact) mass is 464 g/mol. The van der Waals surface area contributed by atoms with Gasteiger partial charge < -0.3 is 39.1 Å². The van der Waals surface area contributed by atoms with Gasteiger partial charge in [-0.25, -0.2) is 0 Å². The Balaban J connectivity index is 3.08. The summed E-state index contributed by atoms with van der Waals surface area (Å²) in [7, 11) is 0. The van der Waals surface area contributed by atoms with Crippen molar-refractivity contribution in [3.63, 3.8) is 0 Å². The van der Waals surface area contributed by atoms with Crippen molar-refractivity contribution in [3.05, 3.63) is 0 Å². The summed E-state index contributed by atoms with van der Waals surface area (Å²) < 4.78 is 32.6. The zero-order valence-corrected chi connectivity index (χ0v) is 20.7. The van der Waals surface area contributed by atoms with Gasteiger partial charge in [0, 0.05) is 25.6 Å². The quantitative estimate of drug-likeness (QED) is 0.187. The third kappa shape index (κ3) is 27.2. The van der Waals surface area contributed by atoms with Crippen LogP contribution in [-0.2, 0) is 33.2 Å². The fourth-order valence-corrected chi connectivity index (χ4v) is 2.48. The number of hydrogen-bond donors (Lipinski definition) is 2. The van der Waals surface area contributed by atoms with E-state index in [1.807, 2.05) is 0 Å². The molecule has 0 fully saturated rings. The van der Waals surface area contributed by atoms with E-state index in [-0.39, 0.29) is 5.91 Å². The molecule has 0 unspecified atom stereocenters. The number of unbranched alkanes of at least 4 members (excludes halogenated alkanes) is 2. The molecule has 192 valence electrons. The Bertz CT molecular complexity index is 387. The Morgan fingerprint density at radius 1 is 0.625 bits per heavy atom. The lowest BCUT2D eigenvalue weighted by molar-refractivity contribution is -0.122. The largest absolute Gasteiger partial charge is 0.379 e. The maximum Gasteiger partial charge on any atom is 0.222 e. The standard InChI is InChI=1S/C23H48N2O7/c1-4-5-6-8-25-23(26)7-10-27-12-14-29-16-18-31-20-21-32-19-17-30-15-13-28-11-9-24-22(2)3/h22,24H,4-21H2,1-3H3,(H,25,26). The first-order valence-electron chi connectivity index (χ1n) is 12.1. The molecule has 0 saturated heterocycles. The molecule has 0 rings (SSSR count). The van der Waals surface area contributed by atoms with Crippen LogP contribution in [0.4, 0.5) is 0 Å². The predicted octanol–water partition coefficient (Wildman–Crippen LogP) is 1.78. The predicted molar refractivity (Wildman–Crippen MR) is 125 cm³/mol. The second-order valence-corrected chi connectivity index (χ2v) is 7.59. The molecular formula is C23H48N2O7. The van der Waals surface area contributed by atoms with Crippen molar-refractivity contribution in [2.45, 2.75) is 52.5 Å². The Morgan fingerprint density at radius 2 is 1.06 bits per heavy atom. The van der Waals surface area contributed by atoms with Crippen LogP contribution in [0.5, 0.6) is 0 Å². The third-order valence-electron chi connectivity index (χ3n) is 4.23. The SMILES string of the molecule is CCCCCNC(=O)CCOCCOCCOCCOCCOCCOCCNC(C)C. The summed E-state index contributed by atoms with van der Waals surface area (Å²) in [6.45, 7) is 14.4. The molecule has 0 aliphatic heterocycles. The fourth-order valence-electron chi connectivity index (χ4n) is 2.48. The molecule has 0 aliphatic carbocycles. The van der Waals surface area contributed by atoms with E-state index in [1.165, 1.54) is 0 Å². The van der Waals surface area contributed by atoms with E-state index >= 15 is 0 Å². The molecule has 0 aromatic rings. The molecule has 0 aromatic heterocycles. The van der Waals surface area contributed by atoms with Crippen LogP contribution in [0.15, 0.2) is 0 Å². The fraction of sp³-hybridized carbons (Fsp3) is 0.957. The summed E-state index contributed by atoms with van der Waals surface area (Å²) in [6, 6.07) is 0.486. The average molecular weight is 465 g/mol. The van der Waals surface area contributed by atoms with E-state index in [9.17, 15) is 4.79 Å². The molecule has 0 saturated carbocycles. The summed E-state index contributed by atoms with van der Waals surface area (Å²) in [5.74, 6) is 0.0449. The lowest BCUT2D eigenvalue weighted by Crippen LogP contribution is -2.27. The van der Waals surface area contributed by atoms with Crippen molar-refractivity contribution >= 4 is 5.91 Å². The molecule has 0 radical (unpaired) electrons. The lowest BCUT2D eigenvalue weighted by Gasteiger charge is -2.09. The van der Waals surface area contributed by atoms with Gasteiger partial charge in [-0.15, -0.1) is 0 Å². The van der Waals surface area contributed by atoms with Gasteiger partial charge >= 0.3 is 0 Å². The molecular weight excluding hydrogens is 416 g/mol. The van der Waals surface area contributed by atoms with Crippen molar-refractivity contribution < 1.29 is 33.2 Å². The van der Waals surface area contributed by atoms with Gasteiger partial charge in [0.05, 0.1) is 79.3 Å². The second kappa shape index (κ2) is 26.4. The van der Waals surface area contributed by atoms with Gasteiger partial charge in [-0.3, -0.25) is 4.79 Å². The van der Waals surface area contributed by atoms with Crippen LogP contribution >= 0.6 is 0 Å². The molecule has 0 aromatic carbocycles. The molecule has 32 heavy (non-hydrogen) atoms. The first kappa shape index (κ1) is 31.2. The van der Waals surface area contributed by atoms with Crippen molar-refractivity contribution in [3.8, 4) is 0 Å². The number of rotatable bonds is 26. The summed E-state index contributed by atoms with van der Waals surface area (Å²) >= 11 is 0. The van der Waals surface area contributed by atoms with E-state index in [2.05, 4.69) is 31.4 Å². The van der Waals surface area contributed by atoms with Gasteiger partial charge in [0.25, 0.3) is 0 Å². The van der Waals surface area contributed by atoms with Gasteiger partial charge in [-0.05, 0) is 6.42 Å². The summed E-state index contributed by atoms with van der Waals surface area (Å²) in [5.41, 5.74) is 0. The molecule has 0 atom stereocenters. The summed E-state index contributed by atoms with van der Waals surface area (Å²) in [6.07, 6.45) is 3.73. The Labute approximate surface area is 195 Å². The molecule has 0 heterocycles. The normalized spacial score (nSPS) is 11.4. The topological polar surface area (TPSA) is 96.5 Å². The zero-order chi connectivity index (χ0) is 23.5. The maximum absolute atomic E-state index is 11.6. The van der Waals surface area contributed by atoms with Crippen LogP contribution in [0.25, 0.3) is 0 Å². The summed E-state index contributed by atoms with van der Waals surface area (Å²) in [4.78, 5) is 11.6. The van der Waals surface area contributed by atoms with Gasteiger partial charge in [0.2, 0.25) is 5.91 Å². The number of amides is 1. The van der Waals surface area contributed by atoms with Crippen molar-refractivity contribution in [1.29, 1.82) is 0 Å². The molecule has 9 heteroatoms. The number of nitrogens with one attached hydrogen (secondary N) is 2. The molecule has 1 amide bonds. The number of carbonyl (C=O) groups excluding carboxylic acids is 1. The van der Waals surface area contributed by atoms with Crippen molar-refractivity contribution in [2.24, 2.45) is 0 Å². The zero-order valence-electron chi connectivity index (χ0n) is 20.7.